The molecule has 0 aliphatic carbocycles. The van der Waals surface area contributed by atoms with Crippen molar-refractivity contribution < 1.29 is 9.53 Å². The molecule has 0 unspecified atom stereocenters. The summed E-state index contributed by atoms with van der Waals surface area (Å²) in [6.07, 6.45) is 1.62. The number of carbonyl (C=O) groups excluding carboxylic acids is 1. The first-order chi connectivity index (χ1) is 10.7. The number of carbonyl (C=O) groups is 1. The van der Waals surface area contributed by atoms with Gasteiger partial charge in [-0.15, -0.1) is 0 Å². The van der Waals surface area contributed by atoms with E-state index in [2.05, 4.69) is 15.6 Å². The van der Waals surface area contributed by atoms with E-state index in [1.807, 2.05) is 37.3 Å². The zero-order valence-electron chi connectivity index (χ0n) is 12.9. The molecule has 0 aliphatic rings. The summed E-state index contributed by atoms with van der Waals surface area (Å²) in [4.78, 5) is 16.3. The first-order valence-corrected chi connectivity index (χ1v) is 7.22. The third-order valence-corrected chi connectivity index (χ3v) is 3.33. The molecule has 1 heterocycles. The standard InChI is InChI=1S/C17H21N3O2/c1-13-5-3-4-6-14(13)12-20-17(21)16-11-15(7-8-19-16)18-9-10-22-2/h3-8,11H,9-10,12H2,1-2H3,(H,18,19)(H,20,21). The number of ether oxygens (including phenoxy) is 1. The smallest absolute Gasteiger partial charge is 0.270 e. The number of hydrogen-bond acceptors (Lipinski definition) is 4. The molecule has 0 fully saturated rings. The van der Waals surface area contributed by atoms with Gasteiger partial charge in [0.15, 0.2) is 0 Å². The molecular weight excluding hydrogens is 278 g/mol. The molecule has 2 aromatic rings. The Balaban J connectivity index is 1.95. The molecule has 116 valence electrons. The number of anilines is 1. The second kappa shape index (κ2) is 8.14. The topological polar surface area (TPSA) is 63.2 Å². The van der Waals surface area contributed by atoms with E-state index >= 15 is 0 Å². The van der Waals surface area contributed by atoms with Crippen LogP contribution in [-0.4, -0.2) is 31.2 Å². The van der Waals surface area contributed by atoms with Crippen LogP contribution in [-0.2, 0) is 11.3 Å². The molecule has 0 aliphatic heterocycles. The van der Waals surface area contributed by atoms with Crippen molar-refractivity contribution in [2.24, 2.45) is 0 Å². The Bertz CT molecular complexity index is 629. The predicted octanol–water partition coefficient (Wildman–Crippen LogP) is 2.38. The van der Waals surface area contributed by atoms with Gasteiger partial charge in [-0.05, 0) is 30.2 Å². The largest absolute Gasteiger partial charge is 0.383 e. The minimum atomic E-state index is -0.182. The lowest BCUT2D eigenvalue weighted by molar-refractivity contribution is 0.0946. The summed E-state index contributed by atoms with van der Waals surface area (Å²) in [5.41, 5.74) is 3.51. The van der Waals surface area contributed by atoms with Crippen LogP contribution in [0.4, 0.5) is 5.69 Å². The number of amides is 1. The zero-order valence-corrected chi connectivity index (χ0v) is 12.9. The number of benzene rings is 1. The van der Waals surface area contributed by atoms with Crippen LogP contribution in [0, 0.1) is 6.92 Å². The van der Waals surface area contributed by atoms with Gasteiger partial charge in [-0.25, -0.2) is 0 Å². The molecular formula is C17H21N3O2. The summed E-state index contributed by atoms with van der Waals surface area (Å²) in [6, 6.07) is 11.5. The SMILES string of the molecule is COCCNc1ccnc(C(=O)NCc2ccccc2C)c1. The third-order valence-electron chi connectivity index (χ3n) is 3.33. The fraction of sp³-hybridized carbons (Fsp3) is 0.294. The summed E-state index contributed by atoms with van der Waals surface area (Å²) >= 11 is 0. The van der Waals surface area contributed by atoms with Crippen molar-refractivity contribution >= 4 is 11.6 Å². The monoisotopic (exact) mass is 299 g/mol. The van der Waals surface area contributed by atoms with Crippen molar-refractivity contribution in [2.75, 3.05) is 25.6 Å². The average Bonchev–Trinajstić information content (AvgIpc) is 2.54. The van der Waals surface area contributed by atoms with E-state index in [0.29, 0.717) is 25.4 Å². The Morgan fingerprint density at radius 2 is 2.09 bits per heavy atom. The molecule has 0 saturated heterocycles. The Hall–Kier alpha value is -2.40. The van der Waals surface area contributed by atoms with Crippen LogP contribution in [0.1, 0.15) is 21.6 Å². The summed E-state index contributed by atoms with van der Waals surface area (Å²) in [7, 11) is 1.65. The van der Waals surface area contributed by atoms with Gasteiger partial charge in [0.2, 0.25) is 0 Å². The number of pyridine rings is 1. The molecule has 1 amide bonds. The minimum absolute atomic E-state index is 0.182. The number of methoxy groups -OCH3 is 1. The molecule has 5 nitrogen and oxygen atoms in total. The third kappa shape index (κ3) is 4.56. The number of nitrogens with zero attached hydrogens (tertiary/aromatic N) is 1. The summed E-state index contributed by atoms with van der Waals surface area (Å²) in [5, 5.41) is 6.08. The quantitative estimate of drug-likeness (QED) is 0.771. The molecule has 2 N–H and O–H groups in total. The van der Waals surface area contributed by atoms with Gasteiger partial charge in [0.1, 0.15) is 5.69 Å². The first kappa shape index (κ1) is 16.0. The van der Waals surface area contributed by atoms with E-state index in [0.717, 1.165) is 16.8 Å². The van der Waals surface area contributed by atoms with Crippen molar-refractivity contribution in [1.82, 2.24) is 10.3 Å². The average molecular weight is 299 g/mol. The number of aromatic nitrogens is 1. The van der Waals surface area contributed by atoms with Crippen LogP contribution in [0.25, 0.3) is 0 Å². The van der Waals surface area contributed by atoms with Gasteiger partial charge >= 0.3 is 0 Å². The molecule has 0 spiro atoms. The van der Waals surface area contributed by atoms with Crippen LogP contribution < -0.4 is 10.6 Å². The Labute approximate surface area is 130 Å². The lowest BCUT2D eigenvalue weighted by Gasteiger charge is -2.09. The van der Waals surface area contributed by atoms with Crippen molar-refractivity contribution in [3.05, 3.63) is 59.4 Å². The molecule has 2 rings (SSSR count). The highest BCUT2D eigenvalue weighted by Crippen LogP contribution is 2.09. The van der Waals surface area contributed by atoms with Crippen LogP contribution in [0.2, 0.25) is 0 Å². The predicted molar refractivity (Wildman–Crippen MR) is 87.0 cm³/mol. The van der Waals surface area contributed by atoms with E-state index in [1.165, 1.54) is 0 Å². The molecule has 0 bridgehead atoms. The lowest BCUT2D eigenvalue weighted by Crippen LogP contribution is -2.24. The molecule has 1 aromatic heterocycles. The summed E-state index contributed by atoms with van der Waals surface area (Å²) in [5.74, 6) is -0.182. The summed E-state index contributed by atoms with van der Waals surface area (Å²) < 4.78 is 4.98. The van der Waals surface area contributed by atoms with Crippen molar-refractivity contribution in [2.45, 2.75) is 13.5 Å². The van der Waals surface area contributed by atoms with Crippen molar-refractivity contribution in [1.29, 1.82) is 0 Å². The van der Waals surface area contributed by atoms with E-state index in [1.54, 1.807) is 19.4 Å². The highest BCUT2D eigenvalue weighted by Gasteiger charge is 2.08. The van der Waals surface area contributed by atoms with Gasteiger partial charge in [0, 0.05) is 32.1 Å². The van der Waals surface area contributed by atoms with E-state index < -0.39 is 0 Å². The highest BCUT2D eigenvalue weighted by atomic mass is 16.5. The maximum absolute atomic E-state index is 12.2. The van der Waals surface area contributed by atoms with Gasteiger partial charge in [0.05, 0.1) is 6.61 Å². The van der Waals surface area contributed by atoms with Crippen molar-refractivity contribution in [3.63, 3.8) is 0 Å². The summed E-state index contributed by atoms with van der Waals surface area (Å²) in [6.45, 7) is 3.82. The minimum Gasteiger partial charge on any atom is -0.383 e. The Kier molecular flexibility index (Phi) is 5.91. The fourth-order valence-electron chi connectivity index (χ4n) is 2.04. The molecule has 0 saturated carbocycles. The number of rotatable bonds is 7. The highest BCUT2D eigenvalue weighted by molar-refractivity contribution is 5.93. The van der Waals surface area contributed by atoms with E-state index in [9.17, 15) is 4.79 Å². The zero-order chi connectivity index (χ0) is 15.8. The van der Waals surface area contributed by atoms with Crippen LogP contribution >= 0.6 is 0 Å². The van der Waals surface area contributed by atoms with Gasteiger partial charge in [0.25, 0.3) is 5.91 Å². The van der Waals surface area contributed by atoms with E-state index in [4.69, 9.17) is 4.74 Å². The molecule has 5 heteroatoms. The number of aryl methyl sites for hydroxylation is 1. The molecule has 22 heavy (non-hydrogen) atoms. The second-order valence-electron chi connectivity index (χ2n) is 4.96. The van der Waals surface area contributed by atoms with Gasteiger partial charge in [-0.3, -0.25) is 9.78 Å². The molecule has 0 atom stereocenters. The first-order valence-electron chi connectivity index (χ1n) is 7.22. The van der Waals surface area contributed by atoms with Crippen LogP contribution in [0.15, 0.2) is 42.6 Å². The van der Waals surface area contributed by atoms with Gasteiger partial charge in [-0.2, -0.15) is 0 Å². The Morgan fingerprint density at radius 1 is 1.27 bits per heavy atom. The van der Waals surface area contributed by atoms with Crippen LogP contribution in [0.3, 0.4) is 0 Å². The fourth-order valence-corrected chi connectivity index (χ4v) is 2.04. The van der Waals surface area contributed by atoms with Crippen LogP contribution in [0.5, 0.6) is 0 Å². The van der Waals surface area contributed by atoms with E-state index in [-0.39, 0.29) is 5.91 Å². The number of nitrogens with one attached hydrogen (secondary N) is 2. The van der Waals surface area contributed by atoms with Crippen molar-refractivity contribution in [3.8, 4) is 0 Å². The normalized spacial score (nSPS) is 10.3. The van der Waals surface area contributed by atoms with Gasteiger partial charge < -0.3 is 15.4 Å². The molecule has 0 radical (unpaired) electrons. The molecule has 1 aromatic carbocycles. The second-order valence-corrected chi connectivity index (χ2v) is 4.96. The lowest BCUT2D eigenvalue weighted by atomic mass is 10.1. The Morgan fingerprint density at radius 3 is 2.86 bits per heavy atom. The number of hydrogen-bond donors (Lipinski definition) is 2. The maximum atomic E-state index is 12.2. The van der Waals surface area contributed by atoms with Gasteiger partial charge in [-0.1, -0.05) is 24.3 Å². The maximum Gasteiger partial charge on any atom is 0.270 e.